The number of rotatable bonds is 1. The van der Waals surface area contributed by atoms with Crippen LogP contribution >= 0.6 is 22.6 Å². The van der Waals surface area contributed by atoms with E-state index in [0.717, 1.165) is 5.56 Å². The van der Waals surface area contributed by atoms with Gasteiger partial charge in [-0.3, -0.25) is 0 Å². The molecule has 0 saturated heterocycles. The Bertz CT molecular complexity index is 200. The molecule has 0 fully saturated rings. The Balaban J connectivity index is 2.97. The summed E-state index contributed by atoms with van der Waals surface area (Å²) in [6, 6.07) is 10.1. The maximum Gasteiger partial charge on any atom is 0.0906 e. The van der Waals surface area contributed by atoms with Crippen LogP contribution in [0.5, 0.6) is 0 Å². The van der Waals surface area contributed by atoms with E-state index in [-0.39, 0.29) is 3.55 Å². The molecule has 1 aromatic carbocycles. The molecule has 0 aliphatic rings. The van der Waals surface area contributed by atoms with Crippen LogP contribution in [0.3, 0.4) is 0 Å². The summed E-state index contributed by atoms with van der Waals surface area (Å²) < 4.78 is -0.237. The molecule has 0 unspecified atom stereocenters. The molecule has 2 N–H and O–H groups in total. The van der Waals surface area contributed by atoms with Crippen molar-refractivity contribution in [2.45, 2.75) is 10.5 Å². The lowest BCUT2D eigenvalue weighted by atomic mass is 10.1. The first-order valence-corrected chi connectivity index (χ1v) is 4.22. The van der Waals surface area contributed by atoms with Gasteiger partial charge in [0.05, 0.1) is 3.55 Å². The molecule has 0 saturated carbocycles. The maximum absolute atomic E-state index is 5.84. The van der Waals surface area contributed by atoms with E-state index >= 15 is 0 Å². The summed E-state index contributed by atoms with van der Waals surface area (Å²) >= 11 is 2.22. The number of hydrogen-bond acceptors (Lipinski definition) is 1. The number of alkyl halides is 1. The molecule has 2 heteroatoms. The zero-order chi connectivity index (χ0) is 7.61. The van der Waals surface area contributed by atoms with Gasteiger partial charge in [-0.2, -0.15) is 0 Å². The van der Waals surface area contributed by atoms with E-state index in [9.17, 15) is 0 Å². The topological polar surface area (TPSA) is 26.0 Å². The minimum Gasteiger partial charge on any atom is -0.313 e. The van der Waals surface area contributed by atoms with E-state index < -0.39 is 0 Å². The predicted octanol–water partition coefficient (Wildman–Crippen LogP) is 2.25. The summed E-state index contributed by atoms with van der Waals surface area (Å²) in [5.41, 5.74) is 7.01. The van der Waals surface area contributed by atoms with Crippen LogP contribution in [-0.4, -0.2) is 0 Å². The molecule has 1 rings (SSSR count). The van der Waals surface area contributed by atoms with Crippen LogP contribution in [0.15, 0.2) is 30.3 Å². The van der Waals surface area contributed by atoms with Gasteiger partial charge in [0.1, 0.15) is 0 Å². The van der Waals surface area contributed by atoms with E-state index in [0.29, 0.717) is 0 Å². The van der Waals surface area contributed by atoms with Crippen LogP contribution in [0.2, 0.25) is 0 Å². The first-order chi connectivity index (χ1) is 4.61. The Morgan fingerprint density at radius 1 is 1.30 bits per heavy atom. The molecular weight excluding hydrogens is 237 g/mol. The van der Waals surface area contributed by atoms with Crippen LogP contribution in [0.4, 0.5) is 0 Å². The summed E-state index contributed by atoms with van der Waals surface area (Å²) in [4.78, 5) is 0. The summed E-state index contributed by atoms with van der Waals surface area (Å²) in [6.07, 6.45) is 0. The van der Waals surface area contributed by atoms with E-state index in [2.05, 4.69) is 22.6 Å². The number of nitrogens with two attached hydrogens (primary N) is 1. The Kier molecular flexibility index (Phi) is 2.31. The highest BCUT2D eigenvalue weighted by Gasteiger charge is 2.14. The van der Waals surface area contributed by atoms with Gasteiger partial charge in [0.15, 0.2) is 0 Å². The lowest BCUT2D eigenvalue weighted by molar-refractivity contribution is 0.780. The quantitative estimate of drug-likeness (QED) is 0.459. The second-order valence-electron chi connectivity index (χ2n) is 2.44. The highest BCUT2D eigenvalue weighted by atomic mass is 127. The molecule has 0 radical (unpaired) electrons. The molecule has 0 amide bonds. The molecule has 10 heavy (non-hydrogen) atoms. The average Bonchev–Trinajstić information content (AvgIpc) is 1.88. The molecule has 0 spiro atoms. The lowest BCUT2D eigenvalue weighted by Gasteiger charge is -2.15. The predicted molar refractivity (Wildman–Crippen MR) is 52.0 cm³/mol. The summed E-state index contributed by atoms with van der Waals surface area (Å²) in [5, 5.41) is 0. The van der Waals surface area contributed by atoms with Gasteiger partial charge >= 0.3 is 0 Å². The van der Waals surface area contributed by atoms with Gasteiger partial charge in [0.25, 0.3) is 0 Å². The van der Waals surface area contributed by atoms with Gasteiger partial charge in [-0.05, 0) is 12.5 Å². The molecule has 1 atom stereocenters. The van der Waals surface area contributed by atoms with E-state index in [4.69, 9.17) is 5.73 Å². The Labute approximate surface area is 74.8 Å². The van der Waals surface area contributed by atoms with Crippen LogP contribution in [0, 0.1) is 0 Å². The van der Waals surface area contributed by atoms with Gasteiger partial charge in [-0.25, -0.2) is 0 Å². The Hall–Kier alpha value is -0.0900. The van der Waals surface area contributed by atoms with Crippen molar-refractivity contribution in [2.24, 2.45) is 5.73 Å². The second-order valence-corrected chi connectivity index (χ2v) is 4.68. The van der Waals surface area contributed by atoms with E-state index in [1.165, 1.54) is 0 Å². The zero-order valence-corrected chi connectivity index (χ0v) is 8.00. The molecule has 54 valence electrons. The van der Waals surface area contributed by atoms with Gasteiger partial charge in [-0.15, -0.1) is 0 Å². The highest BCUT2D eigenvalue weighted by Crippen LogP contribution is 2.23. The third-order valence-corrected chi connectivity index (χ3v) is 1.96. The summed E-state index contributed by atoms with van der Waals surface area (Å²) in [6.45, 7) is 1.99. The molecular formula is C8H10IN. The summed E-state index contributed by atoms with van der Waals surface area (Å²) in [7, 11) is 0. The maximum atomic E-state index is 5.84. The van der Waals surface area contributed by atoms with Crippen molar-refractivity contribution < 1.29 is 0 Å². The van der Waals surface area contributed by atoms with Crippen LogP contribution in [0.1, 0.15) is 12.5 Å². The van der Waals surface area contributed by atoms with E-state index in [1.807, 2.05) is 37.3 Å². The fourth-order valence-electron chi connectivity index (χ4n) is 0.764. The number of halogens is 1. The van der Waals surface area contributed by atoms with Gasteiger partial charge in [0.2, 0.25) is 0 Å². The minimum atomic E-state index is -0.237. The standard InChI is InChI=1S/C8H10IN/c1-8(9,10)7-5-3-2-4-6-7/h2-6H,10H2,1H3/t8-/m0/s1. The molecule has 0 heterocycles. The van der Waals surface area contributed by atoms with Gasteiger partial charge in [0, 0.05) is 0 Å². The van der Waals surface area contributed by atoms with Crippen LogP contribution < -0.4 is 5.73 Å². The molecule has 0 aliphatic carbocycles. The van der Waals surface area contributed by atoms with Crippen LogP contribution in [0.25, 0.3) is 0 Å². The summed E-state index contributed by atoms with van der Waals surface area (Å²) in [5.74, 6) is 0. The first kappa shape index (κ1) is 8.01. The van der Waals surface area contributed by atoms with Crippen LogP contribution in [-0.2, 0) is 3.55 Å². The molecule has 1 nitrogen and oxygen atoms in total. The molecule has 1 aromatic rings. The highest BCUT2D eigenvalue weighted by molar-refractivity contribution is 14.1. The third kappa shape index (κ3) is 1.95. The fourth-order valence-corrected chi connectivity index (χ4v) is 1.12. The average molecular weight is 247 g/mol. The number of hydrogen-bond donors (Lipinski definition) is 1. The monoisotopic (exact) mass is 247 g/mol. The van der Waals surface area contributed by atoms with Crippen molar-refractivity contribution in [3.05, 3.63) is 35.9 Å². The molecule has 0 aromatic heterocycles. The lowest BCUT2D eigenvalue weighted by Crippen LogP contribution is -2.24. The Morgan fingerprint density at radius 3 is 2.10 bits per heavy atom. The third-order valence-electron chi connectivity index (χ3n) is 1.34. The zero-order valence-electron chi connectivity index (χ0n) is 5.84. The molecule has 0 aliphatic heterocycles. The molecule has 0 bridgehead atoms. The van der Waals surface area contributed by atoms with Crippen molar-refractivity contribution in [1.82, 2.24) is 0 Å². The second kappa shape index (κ2) is 2.88. The largest absolute Gasteiger partial charge is 0.313 e. The van der Waals surface area contributed by atoms with Gasteiger partial charge < -0.3 is 5.73 Å². The first-order valence-electron chi connectivity index (χ1n) is 3.14. The van der Waals surface area contributed by atoms with Crippen molar-refractivity contribution in [3.63, 3.8) is 0 Å². The van der Waals surface area contributed by atoms with Crippen molar-refractivity contribution in [1.29, 1.82) is 0 Å². The van der Waals surface area contributed by atoms with Crippen molar-refractivity contribution in [2.75, 3.05) is 0 Å². The SMILES string of the molecule is C[C@@](N)(I)c1ccccc1. The fraction of sp³-hybridized carbons (Fsp3) is 0.250. The van der Waals surface area contributed by atoms with Crippen molar-refractivity contribution in [3.8, 4) is 0 Å². The minimum absolute atomic E-state index is 0.237. The number of benzene rings is 1. The Morgan fingerprint density at radius 2 is 1.80 bits per heavy atom. The smallest absolute Gasteiger partial charge is 0.0906 e. The van der Waals surface area contributed by atoms with Gasteiger partial charge in [-0.1, -0.05) is 52.9 Å². The van der Waals surface area contributed by atoms with Crippen molar-refractivity contribution >= 4 is 22.6 Å². The normalized spacial score (nSPS) is 16.3. The van der Waals surface area contributed by atoms with E-state index in [1.54, 1.807) is 0 Å².